The zero-order valence-electron chi connectivity index (χ0n) is 16.8. The minimum absolute atomic E-state index is 0.0322. The van der Waals surface area contributed by atoms with Crippen molar-refractivity contribution in [1.29, 1.82) is 0 Å². The van der Waals surface area contributed by atoms with Gasteiger partial charge in [-0.15, -0.1) is 0 Å². The summed E-state index contributed by atoms with van der Waals surface area (Å²) in [7, 11) is 3.15. The molecule has 5 nitrogen and oxygen atoms in total. The lowest BCUT2D eigenvalue weighted by atomic mass is 9.82. The van der Waals surface area contributed by atoms with E-state index in [2.05, 4.69) is 19.6 Å². The third-order valence-corrected chi connectivity index (χ3v) is 4.87. The molecule has 0 unspecified atom stereocenters. The summed E-state index contributed by atoms with van der Waals surface area (Å²) in [6.45, 7) is 8.59. The molecule has 5 heteroatoms. The van der Waals surface area contributed by atoms with Crippen LogP contribution >= 0.6 is 0 Å². The lowest BCUT2D eigenvalue weighted by molar-refractivity contribution is 0.0432. The van der Waals surface area contributed by atoms with Crippen LogP contribution in [0.25, 0.3) is 0 Å². The fourth-order valence-corrected chi connectivity index (χ4v) is 3.33. The first-order valence-electron chi connectivity index (χ1n) is 9.33. The molecule has 1 aliphatic carbocycles. The average Bonchev–Trinajstić information content (AvgIpc) is 2.67. The van der Waals surface area contributed by atoms with Gasteiger partial charge < -0.3 is 18.9 Å². The third kappa shape index (κ3) is 5.36. The number of benzene rings is 1. The Kier molecular flexibility index (Phi) is 7.92. The molecule has 0 radical (unpaired) electrons. The Bertz CT molecular complexity index is 705. The number of allylic oxidation sites excluding steroid dienone is 3. The summed E-state index contributed by atoms with van der Waals surface area (Å²) >= 11 is 0. The molecule has 0 saturated carbocycles. The molecule has 148 valence electrons. The first kappa shape index (κ1) is 21.0. The van der Waals surface area contributed by atoms with Crippen molar-refractivity contribution < 1.29 is 23.7 Å². The van der Waals surface area contributed by atoms with Crippen LogP contribution in [0.3, 0.4) is 0 Å². The molecule has 1 aromatic carbocycles. The lowest BCUT2D eigenvalue weighted by Gasteiger charge is -2.24. The van der Waals surface area contributed by atoms with Crippen molar-refractivity contribution in [3.63, 3.8) is 0 Å². The van der Waals surface area contributed by atoms with Crippen LogP contribution in [0.15, 0.2) is 35.9 Å². The van der Waals surface area contributed by atoms with Crippen LogP contribution in [0.2, 0.25) is 0 Å². The highest BCUT2D eigenvalue weighted by Gasteiger charge is 2.24. The fraction of sp³-hybridized carbons (Fsp3) is 0.500. The van der Waals surface area contributed by atoms with Crippen LogP contribution in [0.4, 0.5) is 0 Å². The van der Waals surface area contributed by atoms with Crippen LogP contribution in [-0.2, 0) is 15.9 Å². The van der Waals surface area contributed by atoms with E-state index in [0.29, 0.717) is 36.0 Å². The van der Waals surface area contributed by atoms with Gasteiger partial charge in [0.15, 0.2) is 6.79 Å². The monoisotopic (exact) mass is 374 g/mol. The van der Waals surface area contributed by atoms with Crippen molar-refractivity contribution in [3.05, 3.63) is 47.1 Å². The number of hydrogen-bond acceptors (Lipinski definition) is 5. The molecule has 0 heterocycles. The Hall–Kier alpha value is -2.27. The van der Waals surface area contributed by atoms with E-state index in [1.807, 2.05) is 0 Å². The van der Waals surface area contributed by atoms with Crippen LogP contribution in [0.1, 0.15) is 49.0 Å². The average molecular weight is 374 g/mol. The van der Waals surface area contributed by atoms with E-state index in [0.717, 1.165) is 30.4 Å². The van der Waals surface area contributed by atoms with E-state index in [1.165, 1.54) is 5.57 Å². The molecule has 2 rings (SSSR count). The van der Waals surface area contributed by atoms with Crippen LogP contribution < -0.4 is 9.47 Å². The van der Waals surface area contributed by atoms with Crippen LogP contribution in [0, 0.1) is 5.92 Å². The SMILES string of the molecule is C=C(Cc1c(OC)ccc(C(=O)OCC)c1OCOC)[C@@H]1CC=C(C)CC1. The second-order valence-electron chi connectivity index (χ2n) is 6.75. The first-order valence-corrected chi connectivity index (χ1v) is 9.33. The van der Waals surface area contributed by atoms with Gasteiger partial charge in [-0.3, -0.25) is 0 Å². The number of rotatable bonds is 9. The number of methoxy groups -OCH3 is 2. The van der Waals surface area contributed by atoms with E-state index in [-0.39, 0.29) is 6.79 Å². The van der Waals surface area contributed by atoms with Gasteiger partial charge in [0.1, 0.15) is 17.1 Å². The molecule has 1 aromatic rings. The molecule has 0 aromatic heterocycles. The van der Waals surface area contributed by atoms with Gasteiger partial charge in [-0.25, -0.2) is 4.79 Å². The van der Waals surface area contributed by atoms with Gasteiger partial charge in [-0.2, -0.15) is 0 Å². The van der Waals surface area contributed by atoms with Gasteiger partial charge in [0, 0.05) is 19.1 Å². The van der Waals surface area contributed by atoms with E-state index < -0.39 is 5.97 Å². The van der Waals surface area contributed by atoms with Gasteiger partial charge in [0.05, 0.1) is 13.7 Å². The number of ether oxygens (including phenoxy) is 4. The maximum atomic E-state index is 12.4. The molecule has 0 spiro atoms. The minimum atomic E-state index is -0.422. The summed E-state index contributed by atoms with van der Waals surface area (Å²) in [5, 5.41) is 0. The number of esters is 1. The molecule has 0 amide bonds. The van der Waals surface area contributed by atoms with Gasteiger partial charge in [0.25, 0.3) is 0 Å². The molecular weight excluding hydrogens is 344 g/mol. The molecular formula is C22H30O5. The zero-order valence-corrected chi connectivity index (χ0v) is 16.8. The quantitative estimate of drug-likeness (QED) is 0.356. The van der Waals surface area contributed by atoms with E-state index in [9.17, 15) is 4.79 Å². The normalized spacial score (nSPS) is 16.4. The number of carbonyl (C=O) groups is 1. The predicted octanol–water partition coefficient (Wildman–Crippen LogP) is 4.70. The lowest BCUT2D eigenvalue weighted by Crippen LogP contribution is -2.14. The van der Waals surface area contributed by atoms with Crippen molar-refractivity contribution in [2.75, 3.05) is 27.6 Å². The summed E-state index contributed by atoms with van der Waals surface area (Å²) in [4.78, 5) is 12.4. The molecule has 0 fully saturated rings. The highest BCUT2D eigenvalue weighted by Crippen LogP contribution is 2.38. The van der Waals surface area contributed by atoms with Gasteiger partial charge in [-0.1, -0.05) is 23.8 Å². The first-order chi connectivity index (χ1) is 13.0. The summed E-state index contributed by atoms with van der Waals surface area (Å²) in [5.41, 5.74) is 3.72. The fourth-order valence-electron chi connectivity index (χ4n) is 3.33. The van der Waals surface area contributed by atoms with Crippen molar-refractivity contribution in [1.82, 2.24) is 0 Å². The van der Waals surface area contributed by atoms with E-state index in [1.54, 1.807) is 33.3 Å². The Morgan fingerprint density at radius 1 is 1.30 bits per heavy atom. The second kappa shape index (κ2) is 10.2. The van der Waals surface area contributed by atoms with Gasteiger partial charge in [-0.05, 0) is 51.2 Å². The Morgan fingerprint density at radius 2 is 2.07 bits per heavy atom. The third-order valence-electron chi connectivity index (χ3n) is 4.87. The topological polar surface area (TPSA) is 54.0 Å². The number of hydrogen-bond donors (Lipinski definition) is 0. The maximum absolute atomic E-state index is 12.4. The molecule has 0 bridgehead atoms. The van der Waals surface area contributed by atoms with E-state index >= 15 is 0 Å². The number of carbonyl (C=O) groups excluding carboxylic acids is 1. The second-order valence-corrected chi connectivity index (χ2v) is 6.75. The summed E-state index contributed by atoms with van der Waals surface area (Å²) in [6.07, 6.45) is 6.05. The Balaban J connectivity index is 2.37. The van der Waals surface area contributed by atoms with E-state index in [4.69, 9.17) is 18.9 Å². The van der Waals surface area contributed by atoms with Crippen molar-refractivity contribution in [3.8, 4) is 11.5 Å². The molecule has 1 aliphatic rings. The van der Waals surface area contributed by atoms with Gasteiger partial charge >= 0.3 is 5.97 Å². The molecule has 0 saturated heterocycles. The summed E-state index contributed by atoms with van der Waals surface area (Å²) in [6, 6.07) is 3.44. The van der Waals surface area contributed by atoms with Crippen LogP contribution in [-0.4, -0.2) is 33.6 Å². The molecule has 0 N–H and O–H groups in total. The predicted molar refractivity (Wildman–Crippen MR) is 105 cm³/mol. The van der Waals surface area contributed by atoms with Gasteiger partial charge in [0.2, 0.25) is 0 Å². The van der Waals surface area contributed by atoms with Crippen molar-refractivity contribution >= 4 is 5.97 Å². The summed E-state index contributed by atoms with van der Waals surface area (Å²) in [5.74, 6) is 1.10. The minimum Gasteiger partial charge on any atom is -0.496 e. The standard InChI is InChI=1S/C22H30O5/c1-6-26-22(23)18-11-12-20(25-5)19(21(18)27-14-24-4)13-16(3)17-9-7-15(2)8-10-17/h7,11-12,17H,3,6,8-10,13-14H2,1-2,4-5H3/t17-/m1/s1. The largest absolute Gasteiger partial charge is 0.496 e. The molecule has 1 atom stereocenters. The molecule has 27 heavy (non-hydrogen) atoms. The molecule has 0 aliphatic heterocycles. The zero-order chi connectivity index (χ0) is 19.8. The van der Waals surface area contributed by atoms with Crippen LogP contribution in [0.5, 0.6) is 11.5 Å². The smallest absolute Gasteiger partial charge is 0.341 e. The Labute approximate surface area is 162 Å². The summed E-state index contributed by atoms with van der Waals surface area (Å²) < 4.78 is 21.6. The Morgan fingerprint density at radius 3 is 2.67 bits per heavy atom. The maximum Gasteiger partial charge on any atom is 0.341 e. The highest BCUT2D eigenvalue weighted by molar-refractivity contribution is 5.93. The highest BCUT2D eigenvalue weighted by atomic mass is 16.7. The van der Waals surface area contributed by atoms with Crippen molar-refractivity contribution in [2.24, 2.45) is 5.92 Å². The van der Waals surface area contributed by atoms with Crippen molar-refractivity contribution in [2.45, 2.75) is 39.5 Å².